The van der Waals surface area contributed by atoms with E-state index in [1.165, 1.54) is 4.90 Å². The Kier molecular flexibility index (Phi) is 6.31. The topological polar surface area (TPSA) is 98.7 Å². The van der Waals surface area contributed by atoms with Crippen molar-refractivity contribution in [2.75, 3.05) is 20.1 Å². The lowest BCUT2D eigenvalue weighted by Gasteiger charge is -2.27. The molecule has 0 aromatic carbocycles. The van der Waals surface area contributed by atoms with Crippen molar-refractivity contribution < 1.29 is 19.5 Å². The quantitative estimate of drug-likeness (QED) is 0.669. The van der Waals surface area contributed by atoms with Crippen molar-refractivity contribution in [1.82, 2.24) is 15.5 Å². The third kappa shape index (κ3) is 6.08. The van der Waals surface area contributed by atoms with E-state index >= 15 is 0 Å². The molecule has 0 spiro atoms. The summed E-state index contributed by atoms with van der Waals surface area (Å²) in [4.78, 5) is 35.5. The highest BCUT2D eigenvalue weighted by Gasteiger charge is 2.32. The highest BCUT2D eigenvalue weighted by molar-refractivity contribution is 5.86. The van der Waals surface area contributed by atoms with Gasteiger partial charge in [-0.15, -0.1) is 0 Å². The number of amides is 3. The summed E-state index contributed by atoms with van der Waals surface area (Å²) in [5.74, 6) is -1.35. The maximum Gasteiger partial charge on any atom is 0.326 e. The standard InChI is InChI=1S/C12H23N3O4/c1-6-15(5)8(16)7-13-11(19)14-9(10(17)18)12(2,3)4/h9H,6-7H2,1-5H3,(H,17,18)(H2,13,14,19). The Balaban J connectivity index is 4.38. The fraction of sp³-hybridized carbons (Fsp3) is 0.750. The van der Waals surface area contributed by atoms with Crippen LogP contribution >= 0.6 is 0 Å². The molecule has 0 aliphatic heterocycles. The van der Waals surface area contributed by atoms with Crippen molar-refractivity contribution in [2.45, 2.75) is 33.7 Å². The maximum absolute atomic E-state index is 11.6. The van der Waals surface area contributed by atoms with Crippen molar-refractivity contribution in [3.05, 3.63) is 0 Å². The van der Waals surface area contributed by atoms with E-state index in [1.807, 2.05) is 6.92 Å². The van der Waals surface area contributed by atoms with Crippen LogP contribution in [0.4, 0.5) is 4.79 Å². The monoisotopic (exact) mass is 273 g/mol. The van der Waals surface area contributed by atoms with E-state index in [1.54, 1.807) is 27.8 Å². The van der Waals surface area contributed by atoms with E-state index in [2.05, 4.69) is 10.6 Å². The second-order valence-electron chi connectivity index (χ2n) is 5.37. The van der Waals surface area contributed by atoms with Crippen molar-refractivity contribution in [1.29, 1.82) is 0 Å². The van der Waals surface area contributed by atoms with Gasteiger partial charge in [0.05, 0.1) is 6.54 Å². The third-order valence-electron chi connectivity index (χ3n) is 2.69. The van der Waals surface area contributed by atoms with Crippen LogP contribution in [0.25, 0.3) is 0 Å². The number of nitrogens with one attached hydrogen (secondary N) is 2. The normalized spacial score (nSPS) is 12.5. The Morgan fingerprint density at radius 3 is 2.16 bits per heavy atom. The molecule has 0 saturated carbocycles. The lowest BCUT2D eigenvalue weighted by molar-refractivity contribution is -0.141. The number of hydrogen-bond donors (Lipinski definition) is 3. The zero-order chi connectivity index (χ0) is 15.2. The molecular formula is C12H23N3O4. The molecule has 0 rings (SSSR count). The molecule has 7 nitrogen and oxygen atoms in total. The average Bonchev–Trinajstić information content (AvgIpc) is 2.29. The summed E-state index contributed by atoms with van der Waals surface area (Å²) in [6.07, 6.45) is 0. The van der Waals surface area contributed by atoms with Gasteiger partial charge in [-0.1, -0.05) is 20.8 Å². The molecule has 1 unspecified atom stereocenters. The highest BCUT2D eigenvalue weighted by atomic mass is 16.4. The lowest BCUT2D eigenvalue weighted by atomic mass is 9.87. The third-order valence-corrected chi connectivity index (χ3v) is 2.69. The fourth-order valence-corrected chi connectivity index (χ4v) is 1.30. The van der Waals surface area contributed by atoms with Crippen LogP contribution < -0.4 is 10.6 Å². The fourth-order valence-electron chi connectivity index (χ4n) is 1.30. The number of rotatable bonds is 5. The Bertz CT molecular complexity index is 349. The van der Waals surface area contributed by atoms with E-state index < -0.39 is 23.5 Å². The molecule has 3 amide bonds. The van der Waals surface area contributed by atoms with Gasteiger partial charge in [0.2, 0.25) is 5.91 Å². The minimum atomic E-state index is -1.11. The minimum Gasteiger partial charge on any atom is -0.480 e. The van der Waals surface area contributed by atoms with Gasteiger partial charge in [-0.25, -0.2) is 9.59 Å². The predicted octanol–water partition coefficient (Wildman–Crippen LogP) is 0.263. The van der Waals surface area contributed by atoms with Gasteiger partial charge in [-0.05, 0) is 12.3 Å². The first-order valence-electron chi connectivity index (χ1n) is 6.10. The maximum atomic E-state index is 11.6. The second kappa shape index (κ2) is 6.96. The molecule has 0 aromatic rings. The molecule has 0 saturated heterocycles. The number of carbonyl (C=O) groups excluding carboxylic acids is 2. The number of nitrogens with zero attached hydrogens (tertiary/aromatic N) is 1. The zero-order valence-electron chi connectivity index (χ0n) is 12.1. The molecular weight excluding hydrogens is 250 g/mol. The van der Waals surface area contributed by atoms with Gasteiger partial charge in [-0.2, -0.15) is 0 Å². The average molecular weight is 273 g/mol. The summed E-state index contributed by atoms with van der Waals surface area (Å²) >= 11 is 0. The summed E-state index contributed by atoms with van der Waals surface area (Å²) in [7, 11) is 1.62. The molecule has 0 fully saturated rings. The van der Waals surface area contributed by atoms with Crippen molar-refractivity contribution in [3.63, 3.8) is 0 Å². The predicted molar refractivity (Wildman–Crippen MR) is 70.7 cm³/mol. The van der Waals surface area contributed by atoms with E-state index in [-0.39, 0.29) is 12.5 Å². The Hall–Kier alpha value is -1.79. The first-order chi connectivity index (χ1) is 8.59. The van der Waals surface area contributed by atoms with Gasteiger partial charge >= 0.3 is 12.0 Å². The largest absolute Gasteiger partial charge is 0.480 e. The molecule has 1 atom stereocenters. The van der Waals surface area contributed by atoms with Gasteiger partial charge in [0, 0.05) is 13.6 Å². The Morgan fingerprint density at radius 1 is 1.26 bits per heavy atom. The molecule has 0 radical (unpaired) electrons. The van der Waals surface area contributed by atoms with Crippen LogP contribution in [-0.4, -0.2) is 54.1 Å². The van der Waals surface area contributed by atoms with E-state index in [4.69, 9.17) is 5.11 Å². The number of urea groups is 1. The molecule has 0 aromatic heterocycles. The molecule has 0 aliphatic carbocycles. The van der Waals surface area contributed by atoms with Crippen LogP contribution in [0.15, 0.2) is 0 Å². The van der Waals surface area contributed by atoms with Gasteiger partial charge < -0.3 is 20.6 Å². The summed E-state index contributed by atoms with van der Waals surface area (Å²) in [6, 6.07) is -1.69. The van der Waals surface area contributed by atoms with Crippen molar-refractivity contribution in [2.24, 2.45) is 5.41 Å². The summed E-state index contributed by atoms with van der Waals surface area (Å²) in [5.41, 5.74) is -0.618. The number of carbonyl (C=O) groups is 3. The number of hydrogen-bond acceptors (Lipinski definition) is 3. The molecule has 0 aliphatic rings. The first kappa shape index (κ1) is 17.2. The lowest BCUT2D eigenvalue weighted by Crippen LogP contribution is -2.53. The SMILES string of the molecule is CCN(C)C(=O)CNC(=O)NC(C(=O)O)C(C)(C)C. The van der Waals surface area contributed by atoms with Gasteiger partial charge in [0.15, 0.2) is 0 Å². The van der Waals surface area contributed by atoms with E-state index in [0.717, 1.165) is 0 Å². The van der Waals surface area contributed by atoms with Crippen LogP contribution in [0.3, 0.4) is 0 Å². The van der Waals surface area contributed by atoms with Crippen LogP contribution in [0, 0.1) is 5.41 Å². The molecule has 110 valence electrons. The molecule has 0 heterocycles. The Labute approximate surface area is 113 Å². The van der Waals surface area contributed by atoms with Crippen LogP contribution in [0.5, 0.6) is 0 Å². The molecule has 7 heteroatoms. The molecule has 19 heavy (non-hydrogen) atoms. The summed E-state index contributed by atoms with van der Waals surface area (Å²) in [5, 5.41) is 13.7. The van der Waals surface area contributed by atoms with Crippen LogP contribution in [0.1, 0.15) is 27.7 Å². The first-order valence-corrected chi connectivity index (χ1v) is 6.10. The van der Waals surface area contributed by atoms with Crippen LogP contribution in [-0.2, 0) is 9.59 Å². The number of carboxylic acids is 1. The number of likely N-dealkylation sites (N-methyl/N-ethyl adjacent to an activating group) is 1. The minimum absolute atomic E-state index is 0.160. The number of aliphatic carboxylic acids is 1. The van der Waals surface area contributed by atoms with Gasteiger partial charge in [-0.3, -0.25) is 4.79 Å². The Morgan fingerprint density at radius 2 is 1.79 bits per heavy atom. The molecule has 0 bridgehead atoms. The van der Waals surface area contributed by atoms with Crippen molar-refractivity contribution in [3.8, 4) is 0 Å². The summed E-state index contributed by atoms with van der Waals surface area (Å²) in [6.45, 7) is 7.33. The van der Waals surface area contributed by atoms with E-state index in [0.29, 0.717) is 6.54 Å². The van der Waals surface area contributed by atoms with Gasteiger partial charge in [0.25, 0.3) is 0 Å². The van der Waals surface area contributed by atoms with Crippen LogP contribution in [0.2, 0.25) is 0 Å². The molecule has 3 N–H and O–H groups in total. The highest BCUT2D eigenvalue weighted by Crippen LogP contribution is 2.19. The summed E-state index contributed by atoms with van der Waals surface area (Å²) < 4.78 is 0. The van der Waals surface area contributed by atoms with Crippen molar-refractivity contribution >= 4 is 17.9 Å². The zero-order valence-corrected chi connectivity index (χ0v) is 12.1. The van der Waals surface area contributed by atoms with E-state index in [9.17, 15) is 14.4 Å². The smallest absolute Gasteiger partial charge is 0.326 e. The van der Waals surface area contributed by atoms with Gasteiger partial charge in [0.1, 0.15) is 6.04 Å². The second-order valence-corrected chi connectivity index (χ2v) is 5.37. The number of carboxylic acid groups (broad SMARTS) is 1.